The Kier molecular flexibility index (Phi) is 19.8. The van der Waals surface area contributed by atoms with Gasteiger partial charge in [0.05, 0.1) is 68.5 Å². The van der Waals surface area contributed by atoms with Crippen molar-refractivity contribution in [2.45, 2.75) is 137 Å². The molecule has 3 N–H and O–H groups in total. The number of phenols is 1. The number of halogens is 3. The molecule has 10 rings (SSSR count). The fourth-order valence-corrected chi connectivity index (χ4v) is 13.2. The first-order valence-corrected chi connectivity index (χ1v) is 37.9. The van der Waals surface area contributed by atoms with E-state index in [1.165, 1.54) is 6.07 Å². The number of esters is 2. The number of nitrogens with zero attached hydrogens (tertiary/aromatic N) is 4. The van der Waals surface area contributed by atoms with Crippen LogP contribution in [0.25, 0.3) is 44.6 Å². The summed E-state index contributed by atoms with van der Waals surface area (Å²) in [5, 5.41) is 23.9. The molecule has 0 unspecified atom stereocenters. The van der Waals surface area contributed by atoms with Crippen molar-refractivity contribution < 1.29 is 58.9 Å². The topological polar surface area (TPSA) is 202 Å². The van der Waals surface area contributed by atoms with Crippen LogP contribution in [0.5, 0.6) is 5.75 Å². The minimum absolute atomic E-state index is 0.0154. The number of aliphatic hydroxyl groups is 1. The molecule has 15 nitrogen and oxygen atoms in total. The van der Waals surface area contributed by atoms with Gasteiger partial charge >= 0.3 is 46.9 Å². The minimum atomic E-state index is -2.91. The van der Waals surface area contributed by atoms with Gasteiger partial charge in [-0.05, 0) is 133 Å². The molecule has 0 saturated heterocycles. The summed E-state index contributed by atoms with van der Waals surface area (Å²) in [5.74, 6) is -0.984. The Morgan fingerprint density at radius 1 is 0.747 bits per heavy atom. The number of hydrogen-bond donors (Lipinski definition) is 3. The number of ether oxygens (including phenoxy) is 2. The molecule has 22 heteroatoms. The van der Waals surface area contributed by atoms with E-state index in [-0.39, 0.29) is 76.1 Å². The van der Waals surface area contributed by atoms with Gasteiger partial charge in [-0.1, -0.05) is 44.0 Å². The summed E-state index contributed by atoms with van der Waals surface area (Å²) in [7, 11) is 5.36. The Balaban J connectivity index is 0.000000190. The standard InChI is InChI=1S/C22H19ClN2O3.C22H22N2O6Si.C5H14OSi.C4H12OSi.2ClH.Pd/c1-4-22(3)15-8-17-19-13(9-25(17)20(26)14(15)10-28-21(22)27)18(23)12-7-11(2)5-6-16(12)24-19;1-4-22(28)15-8-17-18-13(9-24(17)20(26)14(15)10-30-21(22)27)19(31(2,3)29)12-7-11(25)5-6-16(12)23-18;1-4-5-6-7(2)3;1-4-5-6(2)3;;;/h5-8H,4,9-10H2,1-3H3;5-8,25,28-29H,4,9-10H2,1-3H3;7H,4-5H2,1-3H3;6H,4H2,1-3H3;2*1H;/q;;;;;;+2/p-2/t2*22-;;;;;/m10...../s1. The maximum atomic E-state index is 13.3. The van der Waals surface area contributed by atoms with Crippen molar-refractivity contribution in [2.24, 2.45) is 0 Å². The summed E-state index contributed by atoms with van der Waals surface area (Å²) in [6.45, 7) is 26.2. The Labute approximate surface area is 463 Å². The van der Waals surface area contributed by atoms with Crippen LogP contribution in [-0.2, 0) is 81.2 Å². The van der Waals surface area contributed by atoms with Gasteiger partial charge in [-0.2, -0.15) is 0 Å². The third-order valence-electron chi connectivity index (χ3n) is 13.7. The number of benzene rings is 2. The normalized spacial score (nSPS) is 17.6. The van der Waals surface area contributed by atoms with Crippen LogP contribution in [0.1, 0.15) is 92.8 Å². The van der Waals surface area contributed by atoms with Crippen molar-refractivity contribution in [3.05, 3.63) is 113 Å². The molecule has 0 bridgehead atoms. The average molecular weight is 1230 g/mol. The number of hydrogen-bond acceptors (Lipinski definition) is 13. The van der Waals surface area contributed by atoms with Crippen LogP contribution in [0.2, 0.25) is 44.3 Å². The number of carbonyl (C=O) groups excluding carboxylic acids is 2. The van der Waals surface area contributed by atoms with Crippen LogP contribution in [0.4, 0.5) is 0 Å². The predicted molar refractivity (Wildman–Crippen MR) is 301 cm³/mol. The third kappa shape index (κ3) is 12.2. The maximum absolute atomic E-state index is 13.3. The number of fused-ring (bicyclic) bond motifs is 10. The van der Waals surface area contributed by atoms with E-state index in [9.17, 15) is 34.2 Å². The second-order valence-corrected chi connectivity index (χ2v) is 31.2. The van der Waals surface area contributed by atoms with Crippen molar-refractivity contribution in [1.29, 1.82) is 0 Å². The van der Waals surface area contributed by atoms with Gasteiger partial charge in [-0.25, -0.2) is 14.8 Å². The Morgan fingerprint density at radius 3 is 1.77 bits per heavy atom. The van der Waals surface area contributed by atoms with Gasteiger partial charge in [-0.15, -0.1) is 0 Å². The Bertz CT molecular complexity index is 3280. The van der Waals surface area contributed by atoms with Crippen LogP contribution < -0.4 is 16.3 Å². The van der Waals surface area contributed by atoms with Gasteiger partial charge in [0.25, 0.3) is 11.1 Å². The number of phenolic OH excluding ortho intramolecular Hbond substituents is 1. The summed E-state index contributed by atoms with van der Waals surface area (Å²) < 4.78 is 24.2. The van der Waals surface area contributed by atoms with E-state index >= 15 is 0 Å². The molecule has 6 aromatic rings. The molecule has 4 aromatic heterocycles. The summed E-state index contributed by atoms with van der Waals surface area (Å²) in [4.78, 5) is 72.0. The van der Waals surface area contributed by atoms with E-state index in [2.05, 4.69) is 33.1 Å². The van der Waals surface area contributed by atoms with Gasteiger partial charge < -0.3 is 42.5 Å². The van der Waals surface area contributed by atoms with Crippen LogP contribution >= 0.6 is 30.7 Å². The van der Waals surface area contributed by atoms with Crippen LogP contribution in [0.3, 0.4) is 0 Å². The fourth-order valence-electron chi connectivity index (χ4n) is 9.76. The van der Waals surface area contributed by atoms with E-state index in [1.807, 2.05) is 52.0 Å². The predicted octanol–water partition coefficient (Wildman–Crippen LogP) is 9.08. The number of pyridine rings is 4. The molecule has 75 heavy (non-hydrogen) atoms. The van der Waals surface area contributed by atoms with Gasteiger partial charge in [0.15, 0.2) is 23.7 Å². The van der Waals surface area contributed by atoms with E-state index in [0.717, 1.165) is 64.2 Å². The number of aromatic hydroxyl groups is 1. The van der Waals surface area contributed by atoms with E-state index < -0.39 is 43.4 Å². The van der Waals surface area contributed by atoms with E-state index in [4.69, 9.17) is 59.0 Å². The number of aryl methyl sites for hydroxylation is 1. The van der Waals surface area contributed by atoms with Gasteiger partial charge in [0.2, 0.25) is 8.32 Å². The molecule has 0 saturated carbocycles. The molecular formula is C53H67Cl3N4O11PdSi3. The van der Waals surface area contributed by atoms with Gasteiger partial charge in [0.1, 0.15) is 19.0 Å². The molecule has 408 valence electrons. The molecule has 0 fully saturated rings. The zero-order chi connectivity index (χ0) is 55.5. The molecule has 2 atom stereocenters. The summed E-state index contributed by atoms with van der Waals surface area (Å²) in [6.07, 6.45) is 1.78. The molecule has 0 spiro atoms. The second kappa shape index (κ2) is 24.7. The molecule has 8 heterocycles. The van der Waals surface area contributed by atoms with Crippen molar-refractivity contribution >= 4 is 96.0 Å². The summed E-state index contributed by atoms with van der Waals surface area (Å²) in [6, 6.07) is 14.3. The SMILES string of the molecule is CCCO[SiH](C)C.CCO[SiH](C)C.CC[C@@]1(C)C(=O)OCc2c1cc1n(c2=O)Cc2c-1nc1ccc(C)cc1c2Cl.CC[C@@]1(O)C(=O)OCc2c1cc1n(c2=O)Cc2c-1nc1ccc(O)cc1c2[Si](C)(C)O.[Cl][Pd][Cl]. The first-order valence-electron chi connectivity index (χ1n) is 25.0. The molecule has 0 amide bonds. The van der Waals surface area contributed by atoms with E-state index in [0.29, 0.717) is 51.0 Å². The van der Waals surface area contributed by atoms with Gasteiger partial charge in [0, 0.05) is 40.7 Å². The van der Waals surface area contributed by atoms with Gasteiger partial charge in [-0.3, -0.25) is 14.4 Å². The number of rotatable bonds is 8. The Morgan fingerprint density at radius 2 is 1.27 bits per heavy atom. The molecule has 4 aliphatic rings. The van der Waals surface area contributed by atoms with Crippen LogP contribution in [-0.4, -0.2) is 85.7 Å². The zero-order valence-corrected chi connectivity index (χ0v) is 51.6. The Hall–Kier alpha value is -4.08. The zero-order valence-electron chi connectivity index (χ0n) is 44.5. The fraction of sp³-hybridized carbons (Fsp3) is 0.434. The average Bonchev–Trinajstić information content (AvgIpc) is 3.92. The molecular weight excluding hydrogens is 1170 g/mol. The monoisotopic (exact) mass is 1230 g/mol. The number of aromatic nitrogens is 4. The molecule has 2 aromatic carbocycles. The first-order chi connectivity index (χ1) is 35.4. The van der Waals surface area contributed by atoms with Crippen molar-refractivity contribution in [3.8, 4) is 28.5 Å². The quantitative estimate of drug-likeness (QED) is 0.0962. The second-order valence-electron chi connectivity index (χ2n) is 20.0. The third-order valence-corrected chi connectivity index (χ3v) is 17.8. The van der Waals surface area contributed by atoms with E-state index in [1.54, 1.807) is 47.4 Å². The molecule has 0 radical (unpaired) electrons. The number of cyclic esters (lactones) is 2. The van der Waals surface area contributed by atoms with Crippen molar-refractivity contribution in [1.82, 2.24) is 19.1 Å². The van der Waals surface area contributed by atoms with Crippen molar-refractivity contribution in [2.75, 3.05) is 13.2 Å². The summed E-state index contributed by atoms with van der Waals surface area (Å²) >= 11 is 6.63. The summed E-state index contributed by atoms with van der Waals surface area (Å²) in [5.41, 5.74) is 5.16. The van der Waals surface area contributed by atoms with Crippen LogP contribution in [0.15, 0.2) is 58.1 Å². The first kappa shape index (κ1) is 60.2. The number of carbonyl (C=O) groups is 2. The molecule has 0 aliphatic carbocycles. The van der Waals surface area contributed by atoms with Crippen molar-refractivity contribution in [3.63, 3.8) is 0 Å². The van der Waals surface area contributed by atoms with Crippen LogP contribution in [0, 0.1) is 6.92 Å². The molecule has 4 aliphatic heterocycles.